The highest BCUT2D eigenvalue weighted by Gasteiger charge is 2.27. The van der Waals surface area contributed by atoms with Crippen molar-refractivity contribution < 1.29 is 23.7 Å². The molecule has 1 aliphatic rings. The smallest absolute Gasteiger partial charge is 0.410 e. The molecular weight excluding hydrogens is 394 g/mol. The first-order chi connectivity index (χ1) is 14.8. The van der Waals surface area contributed by atoms with Crippen LogP contribution in [0.15, 0.2) is 36.4 Å². The molecule has 0 fully saturated rings. The molecule has 31 heavy (non-hydrogen) atoms. The Balaban J connectivity index is 1.67. The third-order valence-corrected chi connectivity index (χ3v) is 5.14. The van der Waals surface area contributed by atoms with Crippen LogP contribution >= 0.6 is 0 Å². The lowest BCUT2D eigenvalue weighted by Gasteiger charge is -2.32. The van der Waals surface area contributed by atoms with Crippen molar-refractivity contribution in [1.29, 1.82) is 0 Å². The lowest BCUT2D eigenvalue weighted by molar-refractivity contribution is 0.0222. The fourth-order valence-electron chi connectivity index (χ4n) is 3.68. The van der Waals surface area contributed by atoms with Crippen LogP contribution < -0.4 is 4.74 Å². The molecule has 2 aromatic rings. The molecule has 6 nitrogen and oxygen atoms in total. The second-order valence-electron chi connectivity index (χ2n) is 8.82. The zero-order valence-corrected chi connectivity index (χ0v) is 19.2. The van der Waals surface area contributed by atoms with Crippen LogP contribution in [0, 0.1) is 0 Å². The molecule has 0 bridgehead atoms. The molecule has 1 aliphatic heterocycles. The fourth-order valence-corrected chi connectivity index (χ4v) is 3.68. The van der Waals surface area contributed by atoms with Gasteiger partial charge < -0.3 is 23.8 Å². The van der Waals surface area contributed by atoms with Crippen molar-refractivity contribution in [2.45, 2.75) is 59.2 Å². The maximum absolute atomic E-state index is 12.5. The summed E-state index contributed by atoms with van der Waals surface area (Å²) in [5.41, 5.74) is 5.21. The van der Waals surface area contributed by atoms with Crippen molar-refractivity contribution in [3.05, 3.63) is 64.2 Å². The summed E-state index contributed by atoms with van der Waals surface area (Å²) in [5, 5.41) is 0. The Hall–Kier alpha value is -2.57. The normalized spacial score (nSPS) is 13.6. The van der Waals surface area contributed by atoms with Gasteiger partial charge in [0.25, 0.3) is 0 Å². The molecule has 0 aromatic heterocycles. The van der Waals surface area contributed by atoms with Gasteiger partial charge in [-0.3, -0.25) is 0 Å². The molecule has 0 saturated carbocycles. The van der Waals surface area contributed by atoms with Crippen LogP contribution in [0.5, 0.6) is 5.75 Å². The minimum Gasteiger partial charge on any atom is -0.497 e. The van der Waals surface area contributed by atoms with Crippen molar-refractivity contribution in [3.63, 3.8) is 0 Å². The number of amides is 1. The molecule has 6 heteroatoms. The molecular formula is C25H33NO5. The van der Waals surface area contributed by atoms with Crippen LogP contribution in [0.3, 0.4) is 0 Å². The van der Waals surface area contributed by atoms with Crippen molar-refractivity contribution in [3.8, 4) is 5.75 Å². The number of nitrogens with zero attached hydrogens (tertiary/aromatic N) is 1. The van der Waals surface area contributed by atoms with Gasteiger partial charge in [0.2, 0.25) is 0 Å². The average molecular weight is 428 g/mol. The number of rotatable bonds is 7. The summed E-state index contributed by atoms with van der Waals surface area (Å²) in [4.78, 5) is 14.3. The van der Waals surface area contributed by atoms with Crippen LogP contribution in [0.25, 0.3) is 0 Å². The van der Waals surface area contributed by atoms with Gasteiger partial charge in [-0.05, 0) is 67.1 Å². The zero-order chi connectivity index (χ0) is 22.4. The maximum Gasteiger partial charge on any atom is 0.410 e. The topological polar surface area (TPSA) is 57.2 Å². The highest BCUT2D eigenvalue weighted by atomic mass is 16.6. The Morgan fingerprint density at radius 2 is 1.71 bits per heavy atom. The van der Waals surface area contributed by atoms with Gasteiger partial charge in [-0.1, -0.05) is 24.3 Å². The predicted octanol–water partition coefficient (Wildman–Crippen LogP) is 4.85. The number of carbonyl (C=O) groups excluding carboxylic acids is 1. The van der Waals surface area contributed by atoms with E-state index >= 15 is 0 Å². The van der Waals surface area contributed by atoms with E-state index in [1.165, 1.54) is 5.56 Å². The van der Waals surface area contributed by atoms with Crippen LogP contribution in [0.2, 0.25) is 0 Å². The SMILES string of the molecule is COCc1cc(COCc2ccc(OC)cc2)cc2c1CN(C(=O)OC(C)(C)C)CC2. The highest BCUT2D eigenvalue weighted by Crippen LogP contribution is 2.27. The van der Waals surface area contributed by atoms with Gasteiger partial charge in [-0.2, -0.15) is 0 Å². The Bertz CT molecular complexity index is 886. The van der Waals surface area contributed by atoms with Crippen molar-refractivity contribution in [1.82, 2.24) is 4.90 Å². The lowest BCUT2D eigenvalue weighted by Crippen LogP contribution is -2.40. The molecule has 0 unspecified atom stereocenters. The fraction of sp³-hybridized carbons (Fsp3) is 0.480. The van der Waals surface area contributed by atoms with E-state index in [0.29, 0.717) is 32.9 Å². The first-order valence-electron chi connectivity index (χ1n) is 10.6. The molecule has 0 N–H and O–H groups in total. The molecule has 0 saturated heterocycles. The predicted molar refractivity (Wildman–Crippen MR) is 119 cm³/mol. The number of benzene rings is 2. The maximum atomic E-state index is 12.5. The lowest BCUT2D eigenvalue weighted by atomic mass is 9.93. The Morgan fingerprint density at radius 3 is 2.35 bits per heavy atom. The summed E-state index contributed by atoms with van der Waals surface area (Å²) in [6, 6.07) is 12.2. The largest absolute Gasteiger partial charge is 0.497 e. The van der Waals surface area contributed by atoms with Crippen LogP contribution in [-0.2, 0) is 47.0 Å². The quantitative estimate of drug-likeness (QED) is 0.632. The molecule has 1 heterocycles. The van der Waals surface area contributed by atoms with Crippen molar-refractivity contribution in [2.75, 3.05) is 20.8 Å². The van der Waals surface area contributed by atoms with E-state index in [2.05, 4.69) is 12.1 Å². The van der Waals surface area contributed by atoms with Gasteiger partial charge in [0.1, 0.15) is 11.4 Å². The molecule has 2 aromatic carbocycles. The number of carbonyl (C=O) groups is 1. The number of hydrogen-bond acceptors (Lipinski definition) is 5. The van der Waals surface area contributed by atoms with Gasteiger partial charge in [0.05, 0.1) is 26.9 Å². The second-order valence-corrected chi connectivity index (χ2v) is 8.82. The van der Waals surface area contributed by atoms with Crippen LogP contribution in [0.1, 0.15) is 48.6 Å². The monoisotopic (exact) mass is 427 g/mol. The molecule has 168 valence electrons. The summed E-state index contributed by atoms with van der Waals surface area (Å²) >= 11 is 0. The van der Waals surface area contributed by atoms with Gasteiger partial charge in [0, 0.05) is 20.2 Å². The van der Waals surface area contributed by atoms with Crippen LogP contribution in [0.4, 0.5) is 4.79 Å². The average Bonchev–Trinajstić information content (AvgIpc) is 2.73. The van der Waals surface area contributed by atoms with E-state index in [1.807, 2.05) is 45.0 Å². The van der Waals surface area contributed by atoms with Crippen LogP contribution in [-0.4, -0.2) is 37.4 Å². The van der Waals surface area contributed by atoms with Crippen molar-refractivity contribution >= 4 is 6.09 Å². The number of fused-ring (bicyclic) bond motifs is 1. The summed E-state index contributed by atoms with van der Waals surface area (Å²) in [6.45, 7) is 8.39. The molecule has 0 atom stereocenters. The molecule has 0 radical (unpaired) electrons. The van der Waals surface area contributed by atoms with Gasteiger partial charge in [0.15, 0.2) is 0 Å². The number of methoxy groups -OCH3 is 2. The Morgan fingerprint density at radius 1 is 1.00 bits per heavy atom. The van der Waals surface area contributed by atoms with Gasteiger partial charge in [-0.15, -0.1) is 0 Å². The van der Waals surface area contributed by atoms with E-state index in [4.69, 9.17) is 18.9 Å². The summed E-state index contributed by atoms with van der Waals surface area (Å²) < 4.78 is 22.1. The number of hydrogen-bond donors (Lipinski definition) is 0. The summed E-state index contributed by atoms with van der Waals surface area (Å²) in [6.07, 6.45) is 0.519. The molecule has 0 aliphatic carbocycles. The highest BCUT2D eigenvalue weighted by molar-refractivity contribution is 5.69. The van der Waals surface area contributed by atoms with Gasteiger partial charge in [-0.25, -0.2) is 4.79 Å². The minimum absolute atomic E-state index is 0.270. The number of ether oxygens (including phenoxy) is 4. The van der Waals surface area contributed by atoms with Gasteiger partial charge >= 0.3 is 6.09 Å². The van der Waals surface area contributed by atoms with E-state index in [9.17, 15) is 4.79 Å². The third-order valence-electron chi connectivity index (χ3n) is 5.14. The summed E-state index contributed by atoms with van der Waals surface area (Å²) in [7, 11) is 3.35. The minimum atomic E-state index is -0.502. The second kappa shape index (κ2) is 10.2. The van der Waals surface area contributed by atoms with E-state index in [-0.39, 0.29) is 6.09 Å². The molecule has 3 rings (SSSR count). The van der Waals surface area contributed by atoms with E-state index in [0.717, 1.165) is 34.4 Å². The Labute approximate surface area is 185 Å². The van der Waals surface area contributed by atoms with E-state index in [1.54, 1.807) is 19.1 Å². The third kappa shape index (κ3) is 6.45. The first kappa shape index (κ1) is 23.1. The first-order valence-corrected chi connectivity index (χ1v) is 10.6. The zero-order valence-electron chi connectivity index (χ0n) is 19.2. The van der Waals surface area contributed by atoms with E-state index < -0.39 is 5.60 Å². The summed E-state index contributed by atoms with van der Waals surface area (Å²) in [5.74, 6) is 0.836. The standard InChI is InChI=1S/C25H33NO5/c1-25(2,3)31-24(27)26-11-10-20-12-19(13-21(17-28-4)23(20)14-26)16-30-15-18-6-8-22(29-5)9-7-18/h6-9,12-13H,10-11,14-17H2,1-5H3. The molecule has 1 amide bonds. The molecule has 0 spiro atoms. The van der Waals surface area contributed by atoms with Crippen molar-refractivity contribution in [2.24, 2.45) is 0 Å². The Kier molecular flexibility index (Phi) is 7.57.